The van der Waals surface area contributed by atoms with Crippen LogP contribution in [0, 0.1) is 5.82 Å². The van der Waals surface area contributed by atoms with Crippen molar-refractivity contribution in [1.82, 2.24) is 9.80 Å². The normalized spacial score (nSPS) is 23.0. The van der Waals surface area contributed by atoms with E-state index in [9.17, 15) is 9.18 Å². The molecule has 1 atom stereocenters. The fourth-order valence-corrected chi connectivity index (χ4v) is 3.27. The third-order valence-corrected chi connectivity index (χ3v) is 4.61. The molecule has 1 aliphatic carbocycles. The first-order chi connectivity index (χ1) is 10.3. The molecule has 1 aliphatic heterocycles. The highest BCUT2D eigenvalue weighted by atomic mass is 19.1. The number of hydrogen-bond acceptors (Lipinski definition) is 2. The van der Waals surface area contributed by atoms with Crippen molar-refractivity contribution in [2.45, 2.75) is 50.7 Å². The van der Waals surface area contributed by atoms with Crippen molar-refractivity contribution >= 4 is 6.41 Å². The Balaban J connectivity index is 1.61. The zero-order valence-electron chi connectivity index (χ0n) is 12.4. The monoisotopic (exact) mass is 290 g/mol. The van der Waals surface area contributed by atoms with Crippen LogP contribution >= 0.6 is 0 Å². The average Bonchev–Trinajstić information content (AvgIpc) is 3.33. The van der Waals surface area contributed by atoms with Crippen LogP contribution in [-0.4, -0.2) is 41.5 Å². The van der Waals surface area contributed by atoms with E-state index in [1.54, 1.807) is 0 Å². The Kier molecular flexibility index (Phi) is 4.54. The molecule has 0 radical (unpaired) electrons. The van der Waals surface area contributed by atoms with Crippen LogP contribution in [-0.2, 0) is 11.2 Å². The van der Waals surface area contributed by atoms with E-state index in [1.165, 1.54) is 25.0 Å². The van der Waals surface area contributed by atoms with E-state index in [1.807, 2.05) is 17.0 Å². The molecule has 21 heavy (non-hydrogen) atoms. The summed E-state index contributed by atoms with van der Waals surface area (Å²) < 4.78 is 12.9. The first kappa shape index (κ1) is 14.5. The Morgan fingerprint density at radius 3 is 2.62 bits per heavy atom. The topological polar surface area (TPSA) is 23.6 Å². The molecular weight excluding hydrogens is 267 g/mol. The smallest absolute Gasteiger partial charge is 0.211 e. The molecule has 2 fully saturated rings. The number of piperidine rings is 1. The zero-order chi connectivity index (χ0) is 14.7. The summed E-state index contributed by atoms with van der Waals surface area (Å²) in [7, 11) is 0. The van der Waals surface area contributed by atoms with E-state index in [-0.39, 0.29) is 12.0 Å². The molecule has 0 aromatic heterocycles. The number of hydrogen-bond donors (Lipinski definition) is 0. The van der Waals surface area contributed by atoms with Crippen LogP contribution in [0.25, 0.3) is 0 Å². The molecule has 0 N–H and O–H groups in total. The van der Waals surface area contributed by atoms with Gasteiger partial charge in [0, 0.05) is 19.1 Å². The van der Waals surface area contributed by atoms with Crippen molar-refractivity contribution in [3.63, 3.8) is 0 Å². The molecule has 3 nitrogen and oxygen atoms in total. The fourth-order valence-electron chi connectivity index (χ4n) is 3.27. The zero-order valence-corrected chi connectivity index (χ0v) is 12.4. The largest absolute Gasteiger partial charge is 0.327 e. The first-order valence-electron chi connectivity index (χ1n) is 7.99. The molecule has 1 saturated carbocycles. The molecule has 1 amide bonds. The van der Waals surface area contributed by atoms with E-state index in [0.717, 1.165) is 50.7 Å². The maximum absolute atomic E-state index is 12.9. The maximum Gasteiger partial charge on any atom is 0.211 e. The van der Waals surface area contributed by atoms with Crippen LogP contribution in [0.5, 0.6) is 0 Å². The van der Waals surface area contributed by atoms with Gasteiger partial charge in [0.2, 0.25) is 6.41 Å². The Morgan fingerprint density at radius 1 is 1.19 bits per heavy atom. The quantitative estimate of drug-likeness (QED) is 0.752. The summed E-state index contributed by atoms with van der Waals surface area (Å²) in [6.07, 6.45) is 8.02. The van der Waals surface area contributed by atoms with Gasteiger partial charge in [-0.05, 0) is 56.2 Å². The Bertz CT molecular complexity index is 472. The van der Waals surface area contributed by atoms with Crippen LogP contribution in [0.15, 0.2) is 24.3 Å². The van der Waals surface area contributed by atoms with Gasteiger partial charge in [0.05, 0.1) is 6.17 Å². The van der Waals surface area contributed by atoms with Gasteiger partial charge in [-0.2, -0.15) is 0 Å². The first-order valence-corrected chi connectivity index (χ1v) is 7.99. The van der Waals surface area contributed by atoms with Gasteiger partial charge in [0.1, 0.15) is 5.82 Å². The number of halogens is 1. The third-order valence-electron chi connectivity index (χ3n) is 4.61. The lowest BCUT2D eigenvalue weighted by atomic mass is 10.0. The van der Waals surface area contributed by atoms with Gasteiger partial charge in [-0.1, -0.05) is 12.1 Å². The number of carbonyl (C=O) groups excluding carboxylic acids is 1. The minimum Gasteiger partial charge on any atom is -0.327 e. The van der Waals surface area contributed by atoms with Gasteiger partial charge in [0.25, 0.3) is 0 Å². The molecule has 1 aromatic rings. The molecule has 1 saturated heterocycles. The minimum absolute atomic E-state index is 0.185. The number of amides is 1. The fraction of sp³-hybridized carbons (Fsp3) is 0.588. The number of likely N-dealkylation sites (tertiary alicyclic amines) is 1. The van der Waals surface area contributed by atoms with Gasteiger partial charge in [-0.25, -0.2) is 4.39 Å². The van der Waals surface area contributed by atoms with Crippen molar-refractivity contribution in [2.24, 2.45) is 0 Å². The highest BCUT2D eigenvalue weighted by molar-refractivity contribution is 5.49. The minimum atomic E-state index is -0.185. The number of rotatable bonds is 6. The van der Waals surface area contributed by atoms with Crippen molar-refractivity contribution in [1.29, 1.82) is 0 Å². The summed E-state index contributed by atoms with van der Waals surface area (Å²) >= 11 is 0. The van der Waals surface area contributed by atoms with Crippen molar-refractivity contribution in [3.05, 3.63) is 35.6 Å². The second-order valence-electron chi connectivity index (χ2n) is 6.17. The summed E-state index contributed by atoms with van der Waals surface area (Å²) in [5.41, 5.74) is 1.16. The van der Waals surface area contributed by atoms with E-state index in [0.29, 0.717) is 6.04 Å². The van der Waals surface area contributed by atoms with Gasteiger partial charge in [0.15, 0.2) is 0 Å². The lowest BCUT2D eigenvalue weighted by molar-refractivity contribution is -0.126. The lowest BCUT2D eigenvalue weighted by Crippen LogP contribution is -2.51. The molecule has 0 spiro atoms. The summed E-state index contributed by atoms with van der Waals surface area (Å²) in [6, 6.07) is 7.22. The van der Waals surface area contributed by atoms with Crippen LogP contribution in [0.1, 0.15) is 37.7 Å². The Hall–Kier alpha value is -1.42. The second-order valence-corrected chi connectivity index (χ2v) is 6.17. The molecule has 4 heteroatoms. The van der Waals surface area contributed by atoms with Crippen molar-refractivity contribution in [3.8, 4) is 0 Å². The van der Waals surface area contributed by atoms with Crippen LogP contribution < -0.4 is 0 Å². The molecular formula is C17H23FN2O. The van der Waals surface area contributed by atoms with Crippen LogP contribution in [0.4, 0.5) is 4.39 Å². The van der Waals surface area contributed by atoms with E-state index < -0.39 is 0 Å². The van der Waals surface area contributed by atoms with Gasteiger partial charge in [-0.15, -0.1) is 0 Å². The molecule has 0 bridgehead atoms. The maximum atomic E-state index is 12.9. The molecule has 2 aliphatic rings. The molecule has 1 unspecified atom stereocenters. The van der Waals surface area contributed by atoms with E-state index in [4.69, 9.17) is 0 Å². The predicted molar refractivity (Wildman–Crippen MR) is 80.2 cm³/mol. The summed E-state index contributed by atoms with van der Waals surface area (Å²) in [5.74, 6) is -0.185. The van der Waals surface area contributed by atoms with Crippen LogP contribution in [0.3, 0.4) is 0 Å². The van der Waals surface area contributed by atoms with Gasteiger partial charge < -0.3 is 4.90 Å². The molecule has 1 aromatic carbocycles. The standard InChI is InChI=1S/C17H23FN2O/c18-15-6-4-14(5-7-15)10-12-19-11-2-1-3-17(19)20(13-21)16-8-9-16/h4-7,13,16-17H,1-3,8-12H2. The van der Waals surface area contributed by atoms with Crippen molar-refractivity contribution in [2.75, 3.05) is 13.1 Å². The van der Waals surface area contributed by atoms with E-state index in [2.05, 4.69) is 4.90 Å². The number of benzene rings is 1. The highest BCUT2D eigenvalue weighted by Crippen LogP contribution is 2.31. The molecule has 1 heterocycles. The van der Waals surface area contributed by atoms with Gasteiger partial charge in [-0.3, -0.25) is 9.69 Å². The molecule has 114 valence electrons. The average molecular weight is 290 g/mol. The third kappa shape index (κ3) is 3.62. The number of carbonyl (C=O) groups is 1. The van der Waals surface area contributed by atoms with Crippen molar-refractivity contribution < 1.29 is 9.18 Å². The SMILES string of the molecule is O=CN(C1CC1)C1CCCCN1CCc1ccc(F)cc1. The lowest BCUT2D eigenvalue weighted by Gasteiger charge is -2.41. The van der Waals surface area contributed by atoms with Crippen LogP contribution in [0.2, 0.25) is 0 Å². The summed E-state index contributed by atoms with van der Waals surface area (Å²) in [5, 5.41) is 0. The summed E-state index contributed by atoms with van der Waals surface area (Å²) in [4.78, 5) is 15.9. The highest BCUT2D eigenvalue weighted by Gasteiger charge is 2.36. The Morgan fingerprint density at radius 2 is 1.95 bits per heavy atom. The van der Waals surface area contributed by atoms with E-state index >= 15 is 0 Å². The predicted octanol–water partition coefficient (Wildman–Crippen LogP) is 2.80. The molecule has 3 rings (SSSR count). The number of nitrogens with zero attached hydrogens (tertiary/aromatic N) is 2. The second kappa shape index (κ2) is 6.56. The van der Waals surface area contributed by atoms with Gasteiger partial charge >= 0.3 is 0 Å². The Labute approximate surface area is 125 Å². The summed E-state index contributed by atoms with van der Waals surface area (Å²) in [6.45, 7) is 2.00.